The predicted octanol–water partition coefficient (Wildman–Crippen LogP) is 6.04. The van der Waals surface area contributed by atoms with Crippen molar-refractivity contribution in [3.05, 3.63) is 82.7 Å². The van der Waals surface area contributed by atoms with E-state index in [0.29, 0.717) is 36.1 Å². The quantitative estimate of drug-likeness (QED) is 0.413. The van der Waals surface area contributed by atoms with Crippen molar-refractivity contribution < 1.29 is 4.79 Å². The fourth-order valence-electron chi connectivity index (χ4n) is 2.95. The van der Waals surface area contributed by atoms with Crippen LogP contribution in [0.2, 0.25) is 5.02 Å². The van der Waals surface area contributed by atoms with Crippen molar-refractivity contribution in [2.45, 2.75) is 20.4 Å². The first kappa shape index (κ1) is 22.1. The molecule has 0 unspecified atom stereocenters. The smallest absolute Gasteiger partial charge is 0.251 e. The van der Waals surface area contributed by atoms with Crippen LogP contribution in [0.3, 0.4) is 0 Å². The first-order valence-corrected chi connectivity index (χ1v) is 11.2. The molecule has 0 saturated heterocycles. The fourth-order valence-corrected chi connectivity index (χ4v) is 4.02. The molecule has 0 aliphatic rings. The number of carbonyl (C=O) groups excluding carboxylic acids is 1. The second kappa shape index (κ2) is 10.4. The summed E-state index contributed by atoms with van der Waals surface area (Å²) in [5.74, 6) is 0.386. The van der Waals surface area contributed by atoms with E-state index in [1.807, 2.05) is 60.0 Å². The highest BCUT2D eigenvalue weighted by atomic mass is 35.5. The number of hydrogen-bond donors (Lipinski definition) is 1. The molecule has 30 heavy (non-hydrogen) atoms. The van der Waals surface area contributed by atoms with Crippen LogP contribution in [0.25, 0.3) is 11.3 Å². The molecule has 0 spiro atoms. The molecule has 1 aromatic heterocycles. The molecule has 0 aliphatic carbocycles. The van der Waals surface area contributed by atoms with Crippen LogP contribution < -0.4 is 10.2 Å². The van der Waals surface area contributed by atoms with E-state index in [1.165, 1.54) is 0 Å². The van der Waals surface area contributed by atoms with Gasteiger partial charge in [-0.2, -0.15) is 0 Å². The van der Waals surface area contributed by atoms with Gasteiger partial charge in [-0.3, -0.25) is 4.79 Å². The van der Waals surface area contributed by atoms with Gasteiger partial charge in [0.25, 0.3) is 5.91 Å². The minimum atomic E-state index is -0.0393. The van der Waals surface area contributed by atoms with Gasteiger partial charge in [0.15, 0.2) is 5.13 Å². The van der Waals surface area contributed by atoms with Crippen LogP contribution in [0, 0.1) is 5.92 Å². The molecule has 0 radical (unpaired) electrons. The molecule has 0 saturated carbocycles. The summed E-state index contributed by atoms with van der Waals surface area (Å²) in [7, 11) is 0. The topological polar surface area (TPSA) is 45.2 Å². The van der Waals surface area contributed by atoms with Crippen molar-refractivity contribution in [1.82, 2.24) is 10.3 Å². The Morgan fingerprint density at radius 3 is 2.63 bits per heavy atom. The number of amides is 1. The number of hydrogen-bond acceptors (Lipinski definition) is 4. The molecule has 4 nitrogen and oxygen atoms in total. The Balaban J connectivity index is 1.73. The maximum absolute atomic E-state index is 12.2. The van der Waals surface area contributed by atoms with Crippen molar-refractivity contribution in [2.24, 2.45) is 5.92 Å². The Labute approximate surface area is 187 Å². The Kier molecular flexibility index (Phi) is 7.66. The third-order valence-electron chi connectivity index (χ3n) is 4.52. The second-order valence-corrected chi connectivity index (χ2v) is 8.71. The largest absolute Gasteiger partial charge is 0.352 e. The van der Waals surface area contributed by atoms with E-state index in [4.69, 9.17) is 16.6 Å². The highest BCUT2D eigenvalue weighted by molar-refractivity contribution is 7.14. The lowest BCUT2D eigenvalue weighted by Crippen LogP contribution is -2.27. The molecule has 0 aliphatic heterocycles. The Morgan fingerprint density at radius 2 is 1.97 bits per heavy atom. The molecule has 1 N–H and O–H groups in total. The standard InChI is InChI=1S/C24H26ClN3OS/c1-4-13-28(24-27-22(16-30-24)20-7-5-6-8-21(20)25)15-18-9-11-19(12-10-18)23(29)26-14-17(2)3/h4-12,16-17H,1,13-15H2,2-3H3,(H,26,29). The van der Waals surface area contributed by atoms with Gasteiger partial charge in [0.05, 0.1) is 5.69 Å². The molecule has 2 aromatic carbocycles. The maximum atomic E-state index is 12.2. The van der Waals surface area contributed by atoms with Gasteiger partial charge in [-0.1, -0.05) is 61.9 Å². The van der Waals surface area contributed by atoms with E-state index in [1.54, 1.807) is 11.3 Å². The Hall–Kier alpha value is -2.63. The molecular weight excluding hydrogens is 414 g/mol. The summed E-state index contributed by atoms with van der Waals surface area (Å²) < 4.78 is 0. The van der Waals surface area contributed by atoms with E-state index in [2.05, 4.69) is 30.6 Å². The van der Waals surface area contributed by atoms with Gasteiger partial charge in [0, 0.05) is 41.2 Å². The summed E-state index contributed by atoms with van der Waals surface area (Å²) in [6.07, 6.45) is 1.87. The number of rotatable bonds is 9. The second-order valence-electron chi connectivity index (χ2n) is 7.47. The number of thiazole rings is 1. The molecule has 1 heterocycles. The van der Waals surface area contributed by atoms with E-state index in [9.17, 15) is 4.79 Å². The van der Waals surface area contributed by atoms with Crippen LogP contribution in [0.4, 0.5) is 5.13 Å². The van der Waals surface area contributed by atoms with Crippen LogP contribution in [0.5, 0.6) is 0 Å². The Bertz CT molecular complexity index is 998. The van der Waals surface area contributed by atoms with E-state index in [-0.39, 0.29) is 5.91 Å². The normalized spacial score (nSPS) is 10.8. The van der Waals surface area contributed by atoms with Gasteiger partial charge >= 0.3 is 0 Å². The number of aromatic nitrogens is 1. The van der Waals surface area contributed by atoms with E-state index >= 15 is 0 Å². The van der Waals surface area contributed by atoms with Gasteiger partial charge in [0.2, 0.25) is 0 Å². The van der Waals surface area contributed by atoms with Crippen LogP contribution in [0.15, 0.2) is 66.6 Å². The molecule has 0 fully saturated rings. The number of nitrogens with one attached hydrogen (secondary N) is 1. The molecule has 156 valence electrons. The first-order chi connectivity index (χ1) is 14.5. The highest BCUT2D eigenvalue weighted by Crippen LogP contribution is 2.32. The van der Waals surface area contributed by atoms with E-state index in [0.717, 1.165) is 22.0 Å². The number of benzene rings is 2. The number of anilines is 1. The minimum Gasteiger partial charge on any atom is -0.352 e. The fraction of sp³-hybridized carbons (Fsp3) is 0.250. The van der Waals surface area contributed by atoms with Gasteiger partial charge in [0.1, 0.15) is 0 Å². The predicted molar refractivity (Wildman–Crippen MR) is 127 cm³/mol. The van der Waals surface area contributed by atoms with Crippen molar-refractivity contribution in [3.63, 3.8) is 0 Å². The summed E-state index contributed by atoms with van der Waals surface area (Å²) in [6, 6.07) is 15.4. The van der Waals surface area contributed by atoms with Crippen LogP contribution >= 0.6 is 22.9 Å². The van der Waals surface area contributed by atoms with Crippen molar-refractivity contribution >= 4 is 34.0 Å². The summed E-state index contributed by atoms with van der Waals surface area (Å²) in [4.78, 5) is 19.2. The number of nitrogens with zero attached hydrogens (tertiary/aromatic N) is 2. The molecule has 3 aromatic rings. The third-order valence-corrected chi connectivity index (χ3v) is 5.75. The van der Waals surface area contributed by atoms with Crippen molar-refractivity contribution in [3.8, 4) is 11.3 Å². The van der Waals surface area contributed by atoms with E-state index < -0.39 is 0 Å². The van der Waals surface area contributed by atoms with Crippen molar-refractivity contribution in [1.29, 1.82) is 0 Å². The summed E-state index contributed by atoms with van der Waals surface area (Å²) in [5.41, 5.74) is 3.57. The monoisotopic (exact) mass is 439 g/mol. The van der Waals surface area contributed by atoms with Gasteiger partial charge in [-0.25, -0.2) is 4.98 Å². The third kappa shape index (κ3) is 5.71. The molecule has 6 heteroatoms. The van der Waals surface area contributed by atoms with Gasteiger partial charge in [-0.15, -0.1) is 17.9 Å². The Morgan fingerprint density at radius 1 is 1.23 bits per heavy atom. The van der Waals surface area contributed by atoms with Crippen molar-refractivity contribution in [2.75, 3.05) is 18.0 Å². The SMILES string of the molecule is C=CCN(Cc1ccc(C(=O)NCC(C)C)cc1)c1nc(-c2ccccc2Cl)cs1. The van der Waals surface area contributed by atoms with Crippen LogP contribution in [-0.2, 0) is 6.54 Å². The zero-order chi connectivity index (χ0) is 21.5. The molecule has 0 atom stereocenters. The summed E-state index contributed by atoms with van der Waals surface area (Å²) >= 11 is 7.90. The number of halogens is 1. The lowest BCUT2D eigenvalue weighted by atomic mass is 10.1. The van der Waals surface area contributed by atoms with Crippen LogP contribution in [-0.4, -0.2) is 24.0 Å². The molecule has 3 rings (SSSR count). The maximum Gasteiger partial charge on any atom is 0.251 e. The average molecular weight is 440 g/mol. The molecular formula is C24H26ClN3OS. The van der Waals surface area contributed by atoms with Crippen LogP contribution in [0.1, 0.15) is 29.8 Å². The minimum absolute atomic E-state index is 0.0393. The summed E-state index contributed by atoms with van der Waals surface area (Å²) in [5, 5.41) is 6.57. The molecule has 1 amide bonds. The molecule has 0 bridgehead atoms. The average Bonchev–Trinajstić information content (AvgIpc) is 3.22. The number of carbonyl (C=O) groups is 1. The zero-order valence-corrected chi connectivity index (χ0v) is 18.8. The zero-order valence-electron chi connectivity index (χ0n) is 17.3. The van der Waals surface area contributed by atoms with Gasteiger partial charge < -0.3 is 10.2 Å². The van der Waals surface area contributed by atoms with Gasteiger partial charge in [-0.05, 0) is 29.7 Å². The highest BCUT2D eigenvalue weighted by Gasteiger charge is 2.14. The lowest BCUT2D eigenvalue weighted by Gasteiger charge is -2.20. The summed E-state index contributed by atoms with van der Waals surface area (Å²) in [6.45, 7) is 10.1. The lowest BCUT2D eigenvalue weighted by molar-refractivity contribution is 0.0949. The first-order valence-electron chi connectivity index (χ1n) is 9.91.